The third kappa shape index (κ3) is 3.51. The molecule has 1 aromatic heterocycles. The molecular weight excluding hydrogens is 274 g/mol. The van der Waals surface area contributed by atoms with Gasteiger partial charge in [0.25, 0.3) is 0 Å². The van der Waals surface area contributed by atoms with Crippen molar-refractivity contribution >= 4 is 17.7 Å². The maximum Gasteiger partial charge on any atom is 0.232 e. The molecule has 6 nitrogen and oxygen atoms in total. The zero-order valence-corrected chi connectivity index (χ0v) is 12.7. The fourth-order valence-corrected chi connectivity index (χ4v) is 2.88. The summed E-state index contributed by atoms with van der Waals surface area (Å²) < 4.78 is 2.10. The molecule has 0 N–H and O–H groups in total. The van der Waals surface area contributed by atoms with Crippen LogP contribution >= 0.6 is 11.8 Å². The van der Waals surface area contributed by atoms with Gasteiger partial charge in [-0.2, -0.15) is 5.26 Å². The topological polar surface area (TPSA) is 74.8 Å². The number of hydrogen-bond acceptors (Lipinski definition) is 5. The Bertz CT molecular complexity index is 517. The van der Waals surface area contributed by atoms with Gasteiger partial charge in [-0.05, 0) is 19.8 Å². The summed E-state index contributed by atoms with van der Waals surface area (Å²) in [6.07, 6.45) is 2.75. The molecule has 0 spiro atoms. The summed E-state index contributed by atoms with van der Waals surface area (Å²) in [6.45, 7) is 3.38. The summed E-state index contributed by atoms with van der Waals surface area (Å²) in [5.41, 5.74) is 0. The Hall–Kier alpha value is -1.55. The van der Waals surface area contributed by atoms with Crippen molar-refractivity contribution in [1.82, 2.24) is 19.7 Å². The van der Waals surface area contributed by atoms with Gasteiger partial charge in [-0.15, -0.1) is 10.2 Å². The molecule has 0 saturated heterocycles. The molecular formula is C13H19N5OS. The van der Waals surface area contributed by atoms with Crippen molar-refractivity contribution in [2.24, 2.45) is 0 Å². The minimum atomic E-state index is 0.0175. The first-order valence-corrected chi connectivity index (χ1v) is 7.82. The van der Waals surface area contributed by atoms with Gasteiger partial charge in [0.05, 0.1) is 18.2 Å². The van der Waals surface area contributed by atoms with Crippen LogP contribution in [0.25, 0.3) is 0 Å². The van der Waals surface area contributed by atoms with Gasteiger partial charge >= 0.3 is 0 Å². The first kappa shape index (κ1) is 14.9. The van der Waals surface area contributed by atoms with E-state index in [1.807, 2.05) is 6.07 Å². The monoisotopic (exact) mass is 293 g/mol. The second-order valence-electron chi connectivity index (χ2n) is 4.87. The lowest BCUT2D eigenvalue weighted by Crippen LogP contribution is -2.29. The smallest absolute Gasteiger partial charge is 0.232 e. The van der Waals surface area contributed by atoms with Crippen LogP contribution < -0.4 is 0 Å². The highest BCUT2D eigenvalue weighted by Gasteiger charge is 2.30. The highest BCUT2D eigenvalue weighted by Crippen LogP contribution is 2.39. The van der Waals surface area contributed by atoms with Crippen LogP contribution in [0.4, 0.5) is 0 Å². The maximum absolute atomic E-state index is 11.9. The molecule has 108 valence electrons. The number of carbonyl (C=O) groups excluding carboxylic acids is 1. The van der Waals surface area contributed by atoms with Gasteiger partial charge in [-0.25, -0.2) is 0 Å². The van der Waals surface area contributed by atoms with Crippen LogP contribution in [0, 0.1) is 11.3 Å². The fraction of sp³-hybridized carbons (Fsp3) is 0.692. The molecule has 0 bridgehead atoms. The van der Waals surface area contributed by atoms with Crippen molar-refractivity contribution in [2.75, 3.05) is 19.3 Å². The summed E-state index contributed by atoms with van der Waals surface area (Å²) in [5, 5.41) is 17.8. The highest BCUT2D eigenvalue weighted by atomic mass is 32.2. The van der Waals surface area contributed by atoms with E-state index in [1.54, 1.807) is 11.9 Å². The molecule has 1 aliphatic rings. The second-order valence-corrected chi connectivity index (χ2v) is 5.81. The molecule has 7 heteroatoms. The Labute approximate surface area is 123 Å². The maximum atomic E-state index is 11.9. The normalized spacial score (nSPS) is 14.1. The molecule has 1 heterocycles. The molecule has 2 rings (SSSR count). The molecule has 20 heavy (non-hydrogen) atoms. The Morgan fingerprint density at radius 3 is 2.90 bits per heavy atom. The van der Waals surface area contributed by atoms with Crippen molar-refractivity contribution in [1.29, 1.82) is 5.26 Å². The van der Waals surface area contributed by atoms with Gasteiger partial charge in [-0.3, -0.25) is 4.79 Å². The third-order valence-electron chi connectivity index (χ3n) is 3.31. The van der Waals surface area contributed by atoms with Gasteiger partial charge in [0, 0.05) is 26.1 Å². The number of amides is 1. The van der Waals surface area contributed by atoms with Crippen LogP contribution in [0.2, 0.25) is 0 Å². The van der Waals surface area contributed by atoms with Crippen LogP contribution in [-0.4, -0.2) is 44.9 Å². The Morgan fingerprint density at radius 1 is 1.55 bits per heavy atom. The van der Waals surface area contributed by atoms with Crippen molar-refractivity contribution in [3.05, 3.63) is 5.82 Å². The molecule has 0 atom stereocenters. The van der Waals surface area contributed by atoms with Crippen LogP contribution in [0.15, 0.2) is 5.16 Å². The van der Waals surface area contributed by atoms with Gasteiger partial charge in [-0.1, -0.05) is 11.8 Å². The van der Waals surface area contributed by atoms with Crippen LogP contribution in [0.3, 0.4) is 0 Å². The number of carbonyl (C=O) groups is 1. The number of nitrogens with zero attached hydrogens (tertiary/aromatic N) is 5. The first-order chi connectivity index (χ1) is 9.67. The second kappa shape index (κ2) is 6.75. The Morgan fingerprint density at radius 2 is 2.30 bits per heavy atom. The molecule has 1 fully saturated rings. The summed E-state index contributed by atoms with van der Waals surface area (Å²) in [4.78, 5) is 13.5. The lowest BCUT2D eigenvalue weighted by molar-refractivity contribution is -0.127. The molecule has 1 aliphatic carbocycles. The molecule has 1 aromatic rings. The van der Waals surface area contributed by atoms with E-state index in [9.17, 15) is 4.79 Å². The number of aromatic nitrogens is 3. The molecule has 0 aromatic carbocycles. The largest absolute Gasteiger partial charge is 0.344 e. The van der Waals surface area contributed by atoms with Crippen LogP contribution in [0.5, 0.6) is 0 Å². The summed E-state index contributed by atoms with van der Waals surface area (Å²) in [7, 11) is 1.72. The van der Waals surface area contributed by atoms with Crippen molar-refractivity contribution < 1.29 is 4.79 Å². The molecule has 1 saturated carbocycles. The standard InChI is InChI=1S/C13H19N5OS/c1-3-18-12(10-5-6-10)15-16-13(18)20-9-11(19)17(2)8-4-7-14/h10H,3-6,8-9H2,1-2H3. The summed E-state index contributed by atoms with van der Waals surface area (Å²) in [6, 6.07) is 2.04. The lowest BCUT2D eigenvalue weighted by atomic mass is 10.4. The number of hydrogen-bond donors (Lipinski definition) is 0. The van der Waals surface area contributed by atoms with Crippen molar-refractivity contribution in [3.8, 4) is 6.07 Å². The lowest BCUT2D eigenvalue weighted by Gasteiger charge is -2.14. The predicted octanol–water partition coefficient (Wildman–Crippen LogP) is 1.64. The Balaban J connectivity index is 1.90. The van der Waals surface area contributed by atoms with Crippen molar-refractivity contribution in [3.63, 3.8) is 0 Å². The first-order valence-electron chi connectivity index (χ1n) is 6.84. The molecule has 1 amide bonds. The number of rotatable bonds is 7. The predicted molar refractivity (Wildman–Crippen MR) is 76.3 cm³/mol. The van der Waals surface area contributed by atoms with E-state index in [0.717, 1.165) is 17.5 Å². The van der Waals surface area contributed by atoms with Crippen LogP contribution in [-0.2, 0) is 11.3 Å². The van der Waals surface area contributed by atoms with Gasteiger partial charge in [0.2, 0.25) is 5.91 Å². The van der Waals surface area contributed by atoms with Gasteiger partial charge in [0.1, 0.15) is 5.82 Å². The Kier molecular flexibility index (Phi) is 5.01. The average Bonchev–Trinajstić information content (AvgIpc) is 3.22. The molecule has 0 unspecified atom stereocenters. The summed E-state index contributed by atoms with van der Waals surface area (Å²) in [5.74, 6) is 1.97. The average molecular weight is 293 g/mol. The quantitative estimate of drug-likeness (QED) is 0.714. The van der Waals surface area contributed by atoms with Crippen LogP contribution in [0.1, 0.15) is 37.9 Å². The van der Waals surface area contributed by atoms with E-state index in [0.29, 0.717) is 24.6 Å². The zero-order valence-electron chi connectivity index (χ0n) is 11.9. The van der Waals surface area contributed by atoms with Gasteiger partial charge < -0.3 is 9.47 Å². The van der Waals surface area contributed by atoms with E-state index >= 15 is 0 Å². The zero-order chi connectivity index (χ0) is 14.5. The molecule has 0 aliphatic heterocycles. The summed E-state index contributed by atoms with van der Waals surface area (Å²) >= 11 is 1.42. The number of thioether (sulfide) groups is 1. The highest BCUT2D eigenvalue weighted by molar-refractivity contribution is 7.99. The van der Waals surface area contributed by atoms with E-state index in [1.165, 1.54) is 24.6 Å². The van der Waals surface area contributed by atoms with Gasteiger partial charge in [0.15, 0.2) is 5.16 Å². The van der Waals surface area contributed by atoms with E-state index in [2.05, 4.69) is 21.7 Å². The minimum absolute atomic E-state index is 0.0175. The van der Waals surface area contributed by atoms with E-state index in [-0.39, 0.29) is 5.91 Å². The fourth-order valence-electron chi connectivity index (χ4n) is 1.93. The SMILES string of the molecule is CCn1c(SCC(=O)N(C)CCC#N)nnc1C1CC1. The molecule has 0 radical (unpaired) electrons. The van der Waals surface area contributed by atoms with Crippen molar-refractivity contribution in [2.45, 2.75) is 43.8 Å². The minimum Gasteiger partial charge on any atom is -0.344 e. The number of nitriles is 1. The van der Waals surface area contributed by atoms with E-state index < -0.39 is 0 Å². The van der Waals surface area contributed by atoms with E-state index in [4.69, 9.17) is 5.26 Å². The third-order valence-corrected chi connectivity index (χ3v) is 4.27.